The number of nitrogens with zero attached hydrogens (tertiary/aromatic N) is 1. The van der Waals surface area contributed by atoms with Crippen molar-refractivity contribution >= 4 is 5.78 Å². The first kappa shape index (κ1) is 13.7. The molecule has 1 saturated carbocycles. The molecule has 2 heteroatoms. The second-order valence-corrected chi connectivity index (χ2v) is 6.03. The van der Waals surface area contributed by atoms with E-state index in [0.29, 0.717) is 23.7 Å². The lowest BCUT2D eigenvalue weighted by Crippen LogP contribution is -2.43. The van der Waals surface area contributed by atoms with Crippen molar-refractivity contribution in [2.24, 2.45) is 11.8 Å². The number of hydrogen-bond donors (Lipinski definition) is 0. The average molecular weight is 225 g/mol. The van der Waals surface area contributed by atoms with Crippen LogP contribution in [0.3, 0.4) is 0 Å². The second kappa shape index (κ2) is 6.39. The molecule has 94 valence electrons. The Labute approximate surface area is 100 Å². The van der Waals surface area contributed by atoms with E-state index in [1.54, 1.807) is 0 Å². The lowest BCUT2D eigenvalue weighted by atomic mass is 9.92. The van der Waals surface area contributed by atoms with Crippen LogP contribution in [0.5, 0.6) is 0 Å². The van der Waals surface area contributed by atoms with E-state index in [1.807, 2.05) is 0 Å². The van der Waals surface area contributed by atoms with E-state index in [0.717, 1.165) is 32.4 Å². The molecule has 0 heterocycles. The van der Waals surface area contributed by atoms with E-state index in [1.165, 1.54) is 6.42 Å². The van der Waals surface area contributed by atoms with Crippen molar-refractivity contribution in [1.82, 2.24) is 4.90 Å². The topological polar surface area (TPSA) is 20.3 Å². The quantitative estimate of drug-likeness (QED) is 0.716. The predicted molar refractivity (Wildman–Crippen MR) is 68.5 cm³/mol. The summed E-state index contributed by atoms with van der Waals surface area (Å²) in [6.07, 6.45) is 3.91. The maximum Gasteiger partial charge on any atom is 0.134 e. The Morgan fingerprint density at radius 2 is 1.75 bits per heavy atom. The highest BCUT2D eigenvalue weighted by Gasteiger charge is 2.25. The highest BCUT2D eigenvalue weighted by Crippen LogP contribution is 2.22. The van der Waals surface area contributed by atoms with Crippen LogP contribution < -0.4 is 0 Å². The van der Waals surface area contributed by atoms with Crippen LogP contribution >= 0.6 is 0 Å². The number of rotatable bonds is 5. The second-order valence-electron chi connectivity index (χ2n) is 6.03. The molecule has 0 spiro atoms. The first-order valence-electron chi connectivity index (χ1n) is 6.74. The van der Waals surface area contributed by atoms with Crippen LogP contribution in [-0.2, 0) is 4.79 Å². The predicted octanol–water partition coefficient (Wildman–Crippen LogP) is 3.11. The lowest BCUT2D eigenvalue weighted by Gasteiger charge is -2.36. The van der Waals surface area contributed by atoms with E-state index >= 15 is 0 Å². The molecule has 2 nitrogen and oxygen atoms in total. The number of carbonyl (C=O) groups is 1. The van der Waals surface area contributed by atoms with E-state index < -0.39 is 0 Å². The van der Waals surface area contributed by atoms with Gasteiger partial charge in [-0.3, -0.25) is 9.69 Å². The molecule has 1 unspecified atom stereocenters. The summed E-state index contributed by atoms with van der Waals surface area (Å²) in [7, 11) is 0. The molecule has 1 atom stereocenters. The summed E-state index contributed by atoms with van der Waals surface area (Å²) < 4.78 is 0. The molecule has 1 aliphatic carbocycles. The zero-order valence-corrected chi connectivity index (χ0v) is 11.3. The van der Waals surface area contributed by atoms with Gasteiger partial charge in [0.1, 0.15) is 5.78 Å². The fourth-order valence-corrected chi connectivity index (χ4v) is 2.62. The number of carbonyl (C=O) groups excluding carboxylic acids is 1. The molecule has 1 fully saturated rings. The molecule has 0 N–H and O–H groups in total. The maximum absolute atomic E-state index is 11.5. The summed E-state index contributed by atoms with van der Waals surface area (Å²) in [6, 6.07) is 0.519. The maximum atomic E-state index is 11.5. The van der Waals surface area contributed by atoms with Gasteiger partial charge in [-0.25, -0.2) is 0 Å². The van der Waals surface area contributed by atoms with Gasteiger partial charge in [0.25, 0.3) is 0 Å². The van der Waals surface area contributed by atoms with E-state index in [9.17, 15) is 4.79 Å². The highest BCUT2D eigenvalue weighted by atomic mass is 16.1. The van der Waals surface area contributed by atoms with Crippen molar-refractivity contribution in [3.8, 4) is 0 Å². The molecule has 0 aliphatic heterocycles. The van der Waals surface area contributed by atoms with Crippen LogP contribution in [0.15, 0.2) is 0 Å². The molecule has 16 heavy (non-hydrogen) atoms. The van der Waals surface area contributed by atoms with E-state index in [-0.39, 0.29) is 0 Å². The Bertz CT molecular complexity index is 213. The molecule has 0 saturated heterocycles. The molecule has 0 aromatic rings. The third kappa shape index (κ3) is 4.65. The van der Waals surface area contributed by atoms with Gasteiger partial charge >= 0.3 is 0 Å². The molecule has 0 amide bonds. The summed E-state index contributed by atoms with van der Waals surface area (Å²) in [4.78, 5) is 14.1. The largest absolute Gasteiger partial charge is 0.300 e. The molecule has 0 aromatic heterocycles. The lowest BCUT2D eigenvalue weighted by molar-refractivity contribution is -0.122. The van der Waals surface area contributed by atoms with Gasteiger partial charge in [0.15, 0.2) is 0 Å². The van der Waals surface area contributed by atoms with Crippen molar-refractivity contribution in [3.05, 3.63) is 0 Å². The summed E-state index contributed by atoms with van der Waals surface area (Å²) in [5.74, 6) is 1.85. The van der Waals surface area contributed by atoms with Crippen LogP contribution in [0.2, 0.25) is 0 Å². The van der Waals surface area contributed by atoms with Crippen molar-refractivity contribution in [2.45, 2.75) is 59.4 Å². The molecule has 1 rings (SSSR count). The number of ketones is 1. The number of hydrogen-bond acceptors (Lipinski definition) is 2. The van der Waals surface area contributed by atoms with Gasteiger partial charge < -0.3 is 0 Å². The zero-order valence-electron chi connectivity index (χ0n) is 11.3. The molecule has 0 radical (unpaired) electrons. The Morgan fingerprint density at radius 1 is 1.19 bits per heavy atom. The SMILES string of the molecule is CC(C)CN(CC(C)C)C1CCCC(=O)C1. The highest BCUT2D eigenvalue weighted by molar-refractivity contribution is 5.79. The summed E-state index contributed by atoms with van der Waals surface area (Å²) in [5, 5.41) is 0. The van der Waals surface area contributed by atoms with Crippen LogP contribution in [0.1, 0.15) is 53.4 Å². The Balaban J connectivity index is 2.55. The van der Waals surface area contributed by atoms with Gasteiger partial charge in [-0.05, 0) is 24.7 Å². The van der Waals surface area contributed by atoms with Gasteiger partial charge in [0.2, 0.25) is 0 Å². The van der Waals surface area contributed by atoms with Crippen LogP contribution in [0.4, 0.5) is 0 Å². The summed E-state index contributed by atoms with van der Waals surface area (Å²) in [6.45, 7) is 11.3. The minimum Gasteiger partial charge on any atom is -0.300 e. The average Bonchev–Trinajstić information content (AvgIpc) is 2.15. The standard InChI is InChI=1S/C14H27NO/c1-11(2)9-15(10-12(3)4)13-6-5-7-14(16)8-13/h11-13H,5-10H2,1-4H3. The van der Waals surface area contributed by atoms with E-state index in [2.05, 4.69) is 32.6 Å². The first-order valence-corrected chi connectivity index (χ1v) is 6.74. The van der Waals surface area contributed by atoms with Crippen molar-refractivity contribution in [2.75, 3.05) is 13.1 Å². The Hall–Kier alpha value is -0.370. The molecule has 0 bridgehead atoms. The van der Waals surface area contributed by atoms with Crippen molar-refractivity contribution < 1.29 is 4.79 Å². The zero-order chi connectivity index (χ0) is 12.1. The minimum absolute atomic E-state index is 0.466. The minimum atomic E-state index is 0.466. The number of Topliss-reactive ketones (excluding diaryl/α,β-unsaturated/α-hetero) is 1. The Morgan fingerprint density at radius 3 is 2.19 bits per heavy atom. The third-order valence-corrected chi connectivity index (χ3v) is 3.17. The molecule has 0 aromatic carbocycles. The van der Waals surface area contributed by atoms with Crippen LogP contribution in [0.25, 0.3) is 0 Å². The summed E-state index contributed by atoms with van der Waals surface area (Å²) >= 11 is 0. The molecule has 1 aliphatic rings. The fourth-order valence-electron chi connectivity index (χ4n) is 2.62. The Kier molecular flexibility index (Phi) is 5.47. The van der Waals surface area contributed by atoms with Gasteiger partial charge in [-0.15, -0.1) is 0 Å². The molecular weight excluding hydrogens is 198 g/mol. The smallest absolute Gasteiger partial charge is 0.134 e. The van der Waals surface area contributed by atoms with Crippen LogP contribution in [-0.4, -0.2) is 29.8 Å². The fraction of sp³-hybridized carbons (Fsp3) is 0.929. The molecular formula is C14H27NO. The van der Waals surface area contributed by atoms with E-state index in [4.69, 9.17) is 0 Å². The summed E-state index contributed by atoms with van der Waals surface area (Å²) in [5.41, 5.74) is 0. The normalized spacial score (nSPS) is 22.4. The van der Waals surface area contributed by atoms with Gasteiger partial charge in [0, 0.05) is 32.0 Å². The van der Waals surface area contributed by atoms with Crippen molar-refractivity contribution in [3.63, 3.8) is 0 Å². The van der Waals surface area contributed by atoms with Gasteiger partial charge in [-0.1, -0.05) is 27.7 Å². The van der Waals surface area contributed by atoms with Crippen LogP contribution in [0, 0.1) is 11.8 Å². The van der Waals surface area contributed by atoms with Gasteiger partial charge in [0.05, 0.1) is 0 Å². The van der Waals surface area contributed by atoms with Gasteiger partial charge in [-0.2, -0.15) is 0 Å². The monoisotopic (exact) mass is 225 g/mol. The third-order valence-electron chi connectivity index (χ3n) is 3.17. The van der Waals surface area contributed by atoms with Crippen molar-refractivity contribution in [1.29, 1.82) is 0 Å². The first-order chi connectivity index (χ1) is 7.49.